The molecule has 1 heterocycles. The molecule has 0 unspecified atom stereocenters. The SMILES string of the molecule is CN(CCc1ccccc1)C(=O)[C@H](Cc1ccccc1)NC(=O)OCc1ccncc1.Cl. The number of hydrogen-bond acceptors (Lipinski definition) is 4. The van der Waals surface area contributed by atoms with Crippen molar-refractivity contribution in [3.8, 4) is 0 Å². The molecule has 0 radical (unpaired) electrons. The van der Waals surface area contributed by atoms with Gasteiger partial charge in [0.25, 0.3) is 0 Å². The van der Waals surface area contributed by atoms with E-state index in [9.17, 15) is 9.59 Å². The second-order valence-electron chi connectivity index (χ2n) is 7.31. The van der Waals surface area contributed by atoms with Gasteiger partial charge in [0.2, 0.25) is 5.91 Å². The van der Waals surface area contributed by atoms with Crippen LogP contribution in [0.25, 0.3) is 0 Å². The van der Waals surface area contributed by atoms with E-state index >= 15 is 0 Å². The fourth-order valence-electron chi connectivity index (χ4n) is 3.18. The summed E-state index contributed by atoms with van der Waals surface area (Å²) in [6.45, 7) is 0.673. The number of nitrogens with one attached hydrogen (secondary N) is 1. The van der Waals surface area contributed by atoms with Crippen LogP contribution in [0.3, 0.4) is 0 Å². The number of nitrogens with zero attached hydrogens (tertiary/aromatic N) is 2. The molecule has 0 saturated heterocycles. The van der Waals surface area contributed by atoms with Crippen LogP contribution < -0.4 is 5.32 Å². The lowest BCUT2D eigenvalue weighted by atomic mass is 10.0. The number of ether oxygens (including phenoxy) is 1. The Hall–Kier alpha value is -3.38. The van der Waals surface area contributed by atoms with E-state index in [-0.39, 0.29) is 24.9 Å². The highest BCUT2D eigenvalue weighted by Crippen LogP contribution is 2.08. The molecule has 1 N–H and O–H groups in total. The molecule has 0 aliphatic heterocycles. The Balaban J connectivity index is 0.00000363. The molecule has 1 aromatic heterocycles. The monoisotopic (exact) mass is 453 g/mol. The van der Waals surface area contributed by atoms with Gasteiger partial charge in [-0.1, -0.05) is 60.7 Å². The predicted molar refractivity (Wildman–Crippen MR) is 127 cm³/mol. The summed E-state index contributed by atoms with van der Waals surface area (Å²) >= 11 is 0. The first-order chi connectivity index (χ1) is 15.1. The van der Waals surface area contributed by atoms with E-state index in [0.717, 1.165) is 23.1 Å². The standard InChI is InChI=1S/C25H27N3O3.ClH/c1-28(17-14-20-8-4-2-5-9-20)24(29)23(18-21-10-6-3-7-11-21)27-25(30)31-19-22-12-15-26-16-13-22;/h2-13,15-16,23H,14,17-19H2,1H3,(H,27,30);1H/t23-;/m0./s1. The molecule has 1 atom stereocenters. The lowest BCUT2D eigenvalue weighted by molar-refractivity contribution is -0.132. The van der Waals surface area contributed by atoms with Gasteiger partial charge in [0, 0.05) is 32.4 Å². The van der Waals surface area contributed by atoms with E-state index in [1.165, 1.54) is 0 Å². The Bertz CT molecular complexity index is 956. The Labute approximate surface area is 195 Å². The largest absolute Gasteiger partial charge is 0.445 e. The maximum Gasteiger partial charge on any atom is 0.408 e. The van der Waals surface area contributed by atoms with Crippen molar-refractivity contribution in [3.05, 3.63) is 102 Å². The number of pyridine rings is 1. The molecule has 7 heteroatoms. The molecule has 0 bridgehead atoms. The van der Waals surface area contributed by atoms with Crippen LogP contribution in [0.4, 0.5) is 4.79 Å². The minimum atomic E-state index is -0.715. The van der Waals surface area contributed by atoms with E-state index in [1.807, 2.05) is 60.7 Å². The lowest BCUT2D eigenvalue weighted by Crippen LogP contribution is -2.49. The van der Waals surface area contributed by atoms with Crippen LogP contribution >= 0.6 is 12.4 Å². The lowest BCUT2D eigenvalue weighted by Gasteiger charge is -2.24. The van der Waals surface area contributed by atoms with Crippen LogP contribution in [0.1, 0.15) is 16.7 Å². The van der Waals surface area contributed by atoms with Gasteiger partial charge in [0.1, 0.15) is 12.6 Å². The zero-order chi connectivity index (χ0) is 21.9. The maximum absolute atomic E-state index is 13.1. The first-order valence-corrected chi connectivity index (χ1v) is 10.3. The average Bonchev–Trinajstić information content (AvgIpc) is 2.82. The molecular formula is C25H28ClN3O3. The first-order valence-electron chi connectivity index (χ1n) is 10.3. The average molecular weight is 454 g/mol. The summed E-state index contributed by atoms with van der Waals surface area (Å²) in [6, 6.07) is 22.5. The number of amides is 2. The quantitative estimate of drug-likeness (QED) is 0.530. The minimum absolute atomic E-state index is 0. The van der Waals surface area contributed by atoms with Gasteiger partial charge in [-0.3, -0.25) is 9.78 Å². The van der Waals surface area contributed by atoms with Crippen molar-refractivity contribution in [2.75, 3.05) is 13.6 Å². The van der Waals surface area contributed by atoms with Crippen molar-refractivity contribution in [1.82, 2.24) is 15.2 Å². The summed E-state index contributed by atoms with van der Waals surface area (Å²) in [7, 11) is 1.76. The number of aromatic nitrogens is 1. The molecule has 0 spiro atoms. The molecular weight excluding hydrogens is 426 g/mol. The van der Waals surface area contributed by atoms with Crippen LogP contribution in [-0.4, -0.2) is 41.5 Å². The topological polar surface area (TPSA) is 71.5 Å². The molecule has 3 aromatic rings. The highest BCUT2D eigenvalue weighted by Gasteiger charge is 2.25. The van der Waals surface area contributed by atoms with Gasteiger partial charge in [0.15, 0.2) is 0 Å². The smallest absolute Gasteiger partial charge is 0.408 e. The van der Waals surface area contributed by atoms with Crippen molar-refractivity contribution < 1.29 is 14.3 Å². The van der Waals surface area contributed by atoms with Gasteiger partial charge in [-0.05, 0) is 35.2 Å². The van der Waals surface area contributed by atoms with Gasteiger partial charge in [-0.25, -0.2) is 4.79 Å². The third-order valence-corrected chi connectivity index (χ3v) is 4.95. The van der Waals surface area contributed by atoms with Crippen molar-refractivity contribution >= 4 is 24.4 Å². The second-order valence-corrected chi connectivity index (χ2v) is 7.31. The Morgan fingerprint density at radius 2 is 1.50 bits per heavy atom. The maximum atomic E-state index is 13.1. The highest BCUT2D eigenvalue weighted by molar-refractivity contribution is 5.86. The molecule has 0 aliphatic rings. The van der Waals surface area contributed by atoms with Crippen LogP contribution in [0.5, 0.6) is 0 Å². The third-order valence-electron chi connectivity index (χ3n) is 4.95. The van der Waals surface area contributed by atoms with E-state index in [1.54, 1.807) is 36.5 Å². The minimum Gasteiger partial charge on any atom is -0.445 e. The van der Waals surface area contributed by atoms with Crippen LogP contribution in [0.15, 0.2) is 85.2 Å². The van der Waals surface area contributed by atoms with Gasteiger partial charge in [-0.2, -0.15) is 0 Å². The number of alkyl carbamates (subject to hydrolysis) is 1. The summed E-state index contributed by atoms with van der Waals surface area (Å²) < 4.78 is 5.31. The Morgan fingerprint density at radius 3 is 2.12 bits per heavy atom. The molecule has 6 nitrogen and oxygen atoms in total. The fourth-order valence-corrected chi connectivity index (χ4v) is 3.18. The molecule has 0 saturated carbocycles. The van der Waals surface area contributed by atoms with Gasteiger partial charge >= 0.3 is 6.09 Å². The van der Waals surface area contributed by atoms with Crippen molar-refractivity contribution in [2.24, 2.45) is 0 Å². The normalized spacial score (nSPS) is 11.0. The zero-order valence-electron chi connectivity index (χ0n) is 18.0. The number of carbonyl (C=O) groups is 2. The second kappa shape index (κ2) is 13.1. The Kier molecular flexibility index (Phi) is 10.2. The Morgan fingerprint density at radius 1 is 0.906 bits per heavy atom. The molecule has 3 rings (SSSR count). The van der Waals surface area contributed by atoms with Crippen LogP contribution in [0.2, 0.25) is 0 Å². The molecule has 2 aromatic carbocycles. The summed E-state index contributed by atoms with van der Waals surface area (Å²) in [6.07, 6.45) is 3.79. The van der Waals surface area contributed by atoms with E-state index in [0.29, 0.717) is 13.0 Å². The molecule has 2 amide bonds. The molecule has 0 aliphatic carbocycles. The number of rotatable bonds is 9. The zero-order valence-corrected chi connectivity index (χ0v) is 18.8. The number of carbonyl (C=O) groups excluding carboxylic acids is 2. The number of hydrogen-bond donors (Lipinski definition) is 1. The van der Waals surface area contributed by atoms with Crippen LogP contribution in [0, 0.1) is 0 Å². The van der Waals surface area contributed by atoms with Crippen molar-refractivity contribution in [1.29, 1.82) is 0 Å². The van der Waals surface area contributed by atoms with Crippen molar-refractivity contribution in [2.45, 2.75) is 25.5 Å². The van der Waals surface area contributed by atoms with Gasteiger partial charge in [-0.15, -0.1) is 12.4 Å². The van der Waals surface area contributed by atoms with E-state index in [4.69, 9.17) is 4.74 Å². The van der Waals surface area contributed by atoms with E-state index < -0.39 is 12.1 Å². The van der Waals surface area contributed by atoms with Crippen LogP contribution in [-0.2, 0) is 29.0 Å². The van der Waals surface area contributed by atoms with Crippen molar-refractivity contribution in [3.63, 3.8) is 0 Å². The van der Waals surface area contributed by atoms with E-state index in [2.05, 4.69) is 10.3 Å². The van der Waals surface area contributed by atoms with Gasteiger partial charge in [0.05, 0.1) is 0 Å². The number of likely N-dealkylation sites (N-methyl/N-ethyl adjacent to an activating group) is 1. The first kappa shape index (κ1) is 24.9. The summed E-state index contributed by atoms with van der Waals surface area (Å²) in [4.78, 5) is 31.1. The highest BCUT2D eigenvalue weighted by atomic mass is 35.5. The molecule has 32 heavy (non-hydrogen) atoms. The molecule has 0 fully saturated rings. The predicted octanol–water partition coefficient (Wildman–Crippen LogP) is 4.04. The summed E-state index contributed by atoms with van der Waals surface area (Å²) in [5.74, 6) is -0.152. The number of benzene rings is 2. The third kappa shape index (κ3) is 8.04. The van der Waals surface area contributed by atoms with Gasteiger partial charge < -0.3 is 15.0 Å². The number of halogens is 1. The fraction of sp³-hybridized carbons (Fsp3) is 0.240. The summed E-state index contributed by atoms with van der Waals surface area (Å²) in [5, 5.41) is 2.75. The summed E-state index contributed by atoms with van der Waals surface area (Å²) in [5.41, 5.74) is 2.95. The molecule has 168 valence electrons.